The molecule has 162 valence electrons. The first-order valence-electron chi connectivity index (χ1n) is 10.7. The number of nitriles is 1. The van der Waals surface area contributed by atoms with Gasteiger partial charge in [0.1, 0.15) is 18.0 Å². The van der Waals surface area contributed by atoms with Gasteiger partial charge in [-0.1, -0.05) is 48.2 Å². The SMILES string of the molecule is C[C@H](O)c1nccn1[C@@H](C#Cc1ccc(-c2ccc([C@H]3CC3NCC#N)cc2)cc1)CO. The maximum Gasteiger partial charge on any atom is 0.138 e. The summed E-state index contributed by atoms with van der Waals surface area (Å²) >= 11 is 0. The van der Waals surface area contributed by atoms with E-state index in [0.29, 0.717) is 24.3 Å². The molecule has 0 saturated heterocycles. The molecule has 0 amide bonds. The van der Waals surface area contributed by atoms with Crippen molar-refractivity contribution in [3.8, 4) is 29.0 Å². The highest BCUT2D eigenvalue weighted by Crippen LogP contribution is 2.41. The lowest BCUT2D eigenvalue weighted by atomic mass is 10.0. The minimum Gasteiger partial charge on any atom is -0.393 e. The summed E-state index contributed by atoms with van der Waals surface area (Å²) in [5.41, 5.74) is 4.41. The van der Waals surface area contributed by atoms with Gasteiger partial charge in [-0.15, -0.1) is 0 Å². The lowest BCUT2D eigenvalue weighted by molar-refractivity contribution is 0.176. The molecule has 3 N–H and O–H groups in total. The molecule has 1 saturated carbocycles. The Labute approximate surface area is 188 Å². The summed E-state index contributed by atoms with van der Waals surface area (Å²) in [6, 6.07) is 18.7. The lowest BCUT2D eigenvalue weighted by Crippen LogP contribution is -2.17. The van der Waals surface area contributed by atoms with Gasteiger partial charge in [0.05, 0.1) is 19.2 Å². The van der Waals surface area contributed by atoms with Gasteiger partial charge in [0.25, 0.3) is 0 Å². The van der Waals surface area contributed by atoms with Crippen molar-refractivity contribution in [1.29, 1.82) is 5.26 Å². The fraction of sp³-hybridized carbons (Fsp3) is 0.308. The molecule has 6 nitrogen and oxygen atoms in total. The highest BCUT2D eigenvalue weighted by Gasteiger charge is 2.37. The first-order valence-corrected chi connectivity index (χ1v) is 10.7. The number of hydrogen-bond acceptors (Lipinski definition) is 5. The molecule has 0 radical (unpaired) electrons. The molecule has 1 aliphatic rings. The predicted octanol–water partition coefficient (Wildman–Crippen LogP) is 3.16. The number of rotatable bonds is 7. The number of aromatic nitrogens is 2. The van der Waals surface area contributed by atoms with E-state index in [2.05, 4.69) is 52.5 Å². The van der Waals surface area contributed by atoms with Crippen LogP contribution in [-0.4, -0.2) is 39.0 Å². The second kappa shape index (κ2) is 9.80. The quantitative estimate of drug-likeness (QED) is 0.399. The molecule has 4 rings (SSSR count). The summed E-state index contributed by atoms with van der Waals surface area (Å²) in [5, 5.41) is 31.5. The maximum atomic E-state index is 9.83. The Morgan fingerprint density at radius 1 is 1.16 bits per heavy atom. The van der Waals surface area contributed by atoms with Crippen LogP contribution in [0.5, 0.6) is 0 Å². The van der Waals surface area contributed by atoms with Crippen molar-refractivity contribution in [2.75, 3.05) is 13.2 Å². The topological polar surface area (TPSA) is 94.1 Å². The van der Waals surface area contributed by atoms with Gasteiger partial charge >= 0.3 is 0 Å². The van der Waals surface area contributed by atoms with Crippen LogP contribution in [0.1, 0.15) is 48.4 Å². The number of nitrogens with zero attached hydrogens (tertiary/aromatic N) is 3. The maximum absolute atomic E-state index is 9.83. The van der Waals surface area contributed by atoms with Gasteiger partial charge in [-0.25, -0.2) is 4.98 Å². The Hall–Kier alpha value is -3.42. The molecule has 1 unspecified atom stereocenters. The molecule has 32 heavy (non-hydrogen) atoms. The van der Waals surface area contributed by atoms with Crippen molar-refractivity contribution >= 4 is 0 Å². The molecule has 1 aliphatic carbocycles. The minimum absolute atomic E-state index is 0.165. The summed E-state index contributed by atoms with van der Waals surface area (Å²) in [6.07, 6.45) is 3.67. The zero-order valence-electron chi connectivity index (χ0n) is 17.9. The van der Waals surface area contributed by atoms with Crippen molar-refractivity contribution in [2.45, 2.75) is 37.5 Å². The van der Waals surface area contributed by atoms with Gasteiger partial charge in [0.15, 0.2) is 0 Å². The van der Waals surface area contributed by atoms with Gasteiger partial charge in [0, 0.05) is 29.9 Å². The largest absolute Gasteiger partial charge is 0.393 e. The van der Waals surface area contributed by atoms with E-state index in [1.807, 2.05) is 24.3 Å². The van der Waals surface area contributed by atoms with E-state index in [1.54, 1.807) is 23.9 Å². The minimum atomic E-state index is -0.730. The van der Waals surface area contributed by atoms with E-state index in [1.165, 1.54) is 5.56 Å². The Morgan fingerprint density at radius 2 is 1.84 bits per heavy atom. The summed E-state index contributed by atoms with van der Waals surface area (Å²) < 4.78 is 1.70. The summed E-state index contributed by atoms with van der Waals surface area (Å²) in [6.45, 7) is 1.87. The third-order valence-corrected chi connectivity index (χ3v) is 5.75. The molecule has 4 atom stereocenters. The molecular formula is C26H26N4O2. The van der Waals surface area contributed by atoms with Crippen LogP contribution in [0.15, 0.2) is 60.9 Å². The van der Waals surface area contributed by atoms with Crippen LogP contribution in [0.25, 0.3) is 11.1 Å². The molecule has 0 bridgehead atoms. The lowest BCUT2D eigenvalue weighted by Gasteiger charge is -2.14. The summed E-state index contributed by atoms with van der Waals surface area (Å²) in [5.74, 6) is 7.17. The fourth-order valence-corrected chi connectivity index (χ4v) is 3.92. The van der Waals surface area contributed by atoms with Gasteiger partial charge in [-0.3, -0.25) is 0 Å². The zero-order chi connectivity index (χ0) is 22.5. The van der Waals surface area contributed by atoms with Crippen LogP contribution < -0.4 is 5.32 Å². The molecule has 0 spiro atoms. The smallest absolute Gasteiger partial charge is 0.138 e. The number of hydrogen-bond donors (Lipinski definition) is 3. The van der Waals surface area contributed by atoms with Crippen LogP contribution in [0.4, 0.5) is 0 Å². The van der Waals surface area contributed by atoms with Gasteiger partial charge in [-0.2, -0.15) is 5.26 Å². The number of aliphatic hydroxyl groups is 2. The normalized spacial score (nSPS) is 18.8. The van der Waals surface area contributed by atoms with Crippen molar-refractivity contribution in [1.82, 2.24) is 14.9 Å². The van der Waals surface area contributed by atoms with E-state index < -0.39 is 12.1 Å². The van der Waals surface area contributed by atoms with Crippen LogP contribution in [0.3, 0.4) is 0 Å². The van der Waals surface area contributed by atoms with E-state index in [4.69, 9.17) is 5.26 Å². The van der Waals surface area contributed by atoms with Gasteiger partial charge in [0.2, 0.25) is 0 Å². The number of nitrogens with one attached hydrogen (secondary N) is 1. The highest BCUT2D eigenvalue weighted by molar-refractivity contribution is 5.65. The third kappa shape index (κ3) is 4.90. The Bertz CT molecular complexity index is 1150. The summed E-state index contributed by atoms with van der Waals surface area (Å²) in [4.78, 5) is 4.14. The zero-order valence-corrected chi connectivity index (χ0v) is 17.9. The first-order chi connectivity index (χ1) is 15.6. The van der Waals surface area contributed by atoms with E-state index in [0.717, 1.165) is 23.1 Å². The summed E-state index contributed by atoms with van der Waals surface area (Å²) in [7, 11) is 0. The number of aliphatic hydroxyl groups excluding tert-OH is 2. The van der Waals surface area contributed by atoms with Crippen LogP contribution in [0.2, 0.25) is 0 Å². The monoisotopic (exact) mass is 426 g/mol. The van der Waals surface area contributed by atoms with Gasteiger partial charge < -0.3 is 20.1 Å². The second-order valence-corrected chi connectivity index (χ2v) is 8.02. The predicted molar refractivity (Wildman–Crippen MR) is 123 cm³/mol. The average Bonchev–Trinajstić information content (AvgIpc) is 3.43. The van der Waals surface area contributed by atoms with Crippen molar-refractivity contribution in [3.63, 3.8) is 0 Å². The van der Waals surface area contributed by atoms with Gasteiger partial charge in [-0.05, 0) is 42.2 Å². The number of imidazole rings is 1. The standard InChI is InChI=1S/C26H26N4O2/c1-18(32)26-29-14-15-30(26)23(17-31)11-4-19-2-5-20(6-3-19)21-7-9-22(10-8-21)24-16-25(24)28-13-12-27/h2-3,5-10,14-15,18,23-25,28,31-32H,13,16-17H2,1H3/t18-,23-,24+,25?/m0/s1. The van der Waals surface area contributed by atoms with Crippen LogP contribution in [-0.2, 0) is 0 Å². The first kappa shape index (κ1) is 21.8. The highest BCUT2D eigenvalue weighted by atomic mass is 16.3. The van der Waals surface area contributed by atoms with Crippen molar-refractivity contribution in [3.05, 3.63) is 77.9 Å². The molecule has 2 aromatic carbocycles. The molecule has 1 heterocycles. The number of benzene rings is 2. The van der Waals surface area contributed by atoms with Crippen LogP contribution >= 0.6 is 0 Å². The van der Waals surface area contributed by atoms with Crippen molar-refractivity contribution in [2.24, 2.45) is 0 Å². The fourth-order valence-electron chi connectivity index (χ4n) is 3.92. The van der Waals surface area contributed by atoms with E-state index in [9.17, 15) is 10.2 Å². The molecule has 1 fully saturated rings. The average molecular weight is 427 g/mol. The van der Waals surface area contributed by atoms with Crippen molar-refractivity contribution < 1.29 is 10.2 Å². The van der Waals surface area contributed by atoms with Crippen LogP contribution in [0, 0.1) is 23.2 Å². The Kier molecular flexibility index (Phi) is 6.68. The molecule has 6 heteroatoms. The Morgan fingerprint density at radius 3 is 2.47 bits per heavy atom. The molecule has 3 aromatic rings. The second-order valence-electron chi connectivity index (χ2n) is 8.02. The molecular weight excluding hydrogens is 400 g/mol. The third-order valence-electron chi connectivity index (χ3n) is 5.75. The van der Waals surface area contributed by atoms with E-state index >= 15 is 0 Å². The molecule has 1 aromatic heterocycles. The Balaban J connectivity index is 1.43. The molecule has 0 aliphatic heterocycles. The van der Waals surface area contributed by atoms with E-state index in [-0.39, 0.29) is 6.61 Å².